The average Bonchev–Trinajstić information content (AvgIpc) is 2.49. The summed E-state index contributed by atoms with van der Waals surface area (Å²) in [4.78, 5) is 4.66. The van der Waals surface area contributed by atoms with Crippen LogP contribution in [0.15, 0.2) is 54.7 Å². The molecular formula is C17H14N2OS. The summed E-state index contributed by atoms with van der Waals surface area (Å²) in [7, 11) is 0. The molecule has 0 atom stereocenters. The zero-order chi connectivity index (χ0) is 14.8. The molecule has 0 saturated carbocycles. The molecule has 3 rings (SSSR count). The Bertz CT molecular complexity index is 830. The number of para-hydroxylation sites is 1. The maximum absolute atomic E-state index is 6.00. The summed E-state index contributed by atoms with van der Waals surface area (Å²) in [6.07, 6.45) is 1.76. The van der Waals surface area contributed by atoms with Crippen LogP contribution in [-0.2, 0) is 0 Å². The van der Waals surface area contributed by atoms with E-state index in [2.05, 4.69) is 4.98 Å². The van der Waals surface area contributed by atoms with Gasteiger partial charge in [-0.15, -0.1) is 0 Å². The number of nitrogens with zero attached hydrogens (tertiary/aromatic N) is 1. The smallest absolute Gasteiger partial charge is 0.140 e. The molecule has 3 nitrogen and oxygen atoms in total. The van der Waals surface area contributed by atoms with Crippen LogP contribution in [-0.4, -0.2) is 9.97 Å². The monoisotopic (exact) mass is 294 g/mol. The van der Waals surface area contributed by atoms with Crippen LogP contribution in [0, 0.1) is 6.92 Å². The van der Waals surface area contributed by atoms with Crippen LogP contribution in [0.2, 0.25) is 0 Å². The van der Waals surface area contributed by atoms with Gasteiger partial charge < -0.3 is 10.5 Å². The lowest BCUT2D eigenvalue weighted by Crippen LogP contribution is -2.11. The molecule has 21 heavy (non-hydrogen) atoms. The molecule has 104 valence electrons. The van der Waals surface area contributed by atoms with Gasteiger partial charge >= 0.3 is 0 Å². The number of pyridine rings is 1. The lowest BCUT2D eigenvalue weighted by Gasteiger charge is -2.13. The molecule has 0 aliphatic heterocycles. The van der Waals surface area contributed by atoms with Gasteiger partial charge in [-0.25, -0.2) is 0 Å². The third-order valence-corrected chi connectivity index (χ3v) is 3.49. The second-order valence-electron chi connectivity index (χ2n) is 4.78. The molecule has 0 aliphatic carbocycles. The Hall–Kier alpha value is -2.46. The number of nitrogens with two attached hydrogens (primary N) is 1. The normalized spacial score (nSPS) is 10.5. The number of rotatable bonds is 3. The number of fused-ring (bicyclic) bond motifs is 1. The second-order valence-corrected chi connectivity index (χ2v) is 5.22. The van der Waals surface area contributed by atoms with Crippen LogP contribution in [0.3, 0.4) is 0 Å². The number of hydrogen-bond acceptors (Lipinski definition) is 3. The number of thiocarbonyl (C=S) groups is 1. The van der Waals surface area contributed by atoms with Crippen molar-refractivity contribution in [1.29, 1.82) is 0 Å². The maximum atomic E-state index is 6.00. The van der Waals surface area contributed by atoms with Crippen molar-refractivity contribution in [3.8, 4) is 11.5 Å². The first-order valence-corrected chi connectivity index (χ1v) is 6.98. The predicted molar refractivity (Wildman–Crippen MR) is 88.9 cm³/mol. The zero-order valence-corrected chi connectivity index (χ0v) is 12.4. The van der Waals surface area contributed by atoms with Crippen LogP contribution in [0.4, 0.5) is 0 Å². The SMILES string of the molecule is Cc1cccc(C(N)=S)c1Oc1ccc2cccnc2c1. The third-order valence-electron chi connectivity index (χ3n) is 3.27. The molecule has 3 aromatic rings. The Morgan fingerprint density at radius 3 is 2.81 bits per heavy atom. The Morgan fingerprint density at radius 1 is 1.14 bits per heavy atom. The van der Waals surface area contributed by atoms with Crippen molar-refractivity contribution in [3.05, 3.63) is 65.9 Å². The highest BCUT2D eigenvalue weighted by molar-refractivity contribution is 7.80. The van der Waals surface area contributed by atoms with E-state index in [0.717, 1.165) is 22.0 Å². The molecule has 0 fully saturated rings. The Morgan fingerprint density at radius 2 is 2.00 bits per heavy atom. The first-order valence-electron chi connectivity index (χ1n) is 6.57. The number of hydrogen-bond donors (Lipinski definition) is 1. The van der Waals surface area contributed by atoms with E-state index < -0.39 is 0 Å². The fourth-order valence-electron chi connectivity index (χ4n) is 2.21. The van der Waals surface area contributed by atoms with Gasteiger partial charge in [0.25, 0.3) is 0 Å². The van der Waals surface area contributed by atoms with Crippen molar-refractivity contribution in [1.82, 2.24) is 4.98 Å². The molecule has 0 spiro atoms. The molecule has 0 bridgehead atoms. The summed E-state index contributed by atoms with van der Waals surface area (Å²) >= 11 is 5.09. The summed E-state index contributed by atoms with van der Waals surface area (Å²) < 4.78 is 6.00. The van der Waals surface area contributed by atoms with Crippen molar-refractivity contribution in [2.45, 2.75) is 6.92 Å². The number of aromatic nitrogens is 1. The quantitative estimate of drug-likeness (QED) is 0.743. The highest BCUT2D eigenvalue weighted by Gasteiger charge is 2.10. The summed E-state index contributed by atoms with van der Waals surface area (Å²) in [5.74, 6) is 1.41. The minimum atomic E-state index is 0.326. The van der Waals surface area contributed by atoms with Crippen LogP contribution in [0.5, 0.6) is 11.5 Å². The Kier molecular flexibility index (Phi) is 3.54. The summed E-state index contributed by atoms with van der Waals surface area (Å²) in [6.45, 7) is 1.97. The van der Waals surface area contributed by atoms with Gasteiger partial charge in [0.1, 0.15) is 16.5 Å². The molecule has 2 aromatic carbocycles. The fourth-order valence-corrected chi connectivity index (χ4v) is 2.37. The van der Waals surface area contributed by atoms with E-state index in [1.54, 1.807) is 6.20 Å². The van der Waals surface area contributed by atoms with Crippen molar-refractivity contribution in [2.75, 3.05) is 0 Å². The lowest BCUT2D eigenvalue weighted by molar-refractivity contribution is 0.478. The fraction of sp³-hybridized carbons (Fsp3) is 0.0588. The molecule has 2 N–H and O–H groups in total. The minimum absolute atomic E-state index is 0.326. The van der Waals surface area contributed by atoms with E-state index in [4.69, 9.17) is 22.7 Å². The largest absolute Gasteiger partial charge is 0.456 e. The van der Waals surface area contributed by atoms with Gasteiger partial charge in [0.05, 0.1) is 11.1 Å². The van der Waals surface area contributed by atoms with Crippen LogP contribution in [0.25, 0.3) is 10.9 Å². The second kappa shape index (κ2) is 5.50. The molecule has 0 amide bonds. The highest BCUT2D eigenvalue weighted by Crippen LogP contribution is 2.30. The van der Waals surface area contributed by atoms with Crippen molar-refractivity contribution in [3.63, 3.8) is 0 Å². The van der Waals surface area contributed by atoms with Crippen LogP contribution < -0.4 is 10.5 Å². The third kappa shape index (κ3) is 2.71. The van der Waals surface area contributed by atoms with Gasteiger partial charge in [-0.1, -0.05) is 30.4 Å². The maximum Gasteiger partial charge on any atom is 0.140 e. The number of ether oxygens (including phenoxy) is 1. The van der Waals surface area contributed by atoms with Crippen molar-refractivity contribution < 1.29 is 4.74 Å². The van der Waals surface area contributed by atoms with Gasteiger partial charge in [0.2, 0.25) is 0 Å². The highest BCUT2D eigenvalue weighted by atomic mass is 32.1. The van der Waals surface area contributed by atoms with Crippen LogP contribution in [0.1, 0.15) is 11.1 Å². The van der Waals surface area contributed by atoms with Crippen molar-refractivity contribution in [2.24, 2.45) is 5.73 Å². The van der Waals surface area contributed by atoms with Gasteiger partial charge in [-0.3, -0.25) is 4.98 Å². The lowest BCUT2D eigenvalue weighted by atomic mass is 10.1. The standard InChI is InChI=1S/C17H14N2OS/c1-11-4-2-6-14(17(18)21)16(11)20-13-8-7-12-5-3-9-19-15(12)10-13/h2-10H,1H3,(H2,18,21). The summed E-state index contributed by atoms with van der Waals surface area (Å²) in [5.41, 5.74) is 8.39. The molecule has 0 aliphatic rings. The van der Waals surface area contributed by atoms with Gasteiger partial charge in [0, 0.05) is 17.6 Å². The molecule has 0 unspecified atom stereocenters. The number of benzene rings is 2. The molecule has 1 heterocycles. The molecule has 0 radical (unpaired) electrons. The molecule has 0 saturated heterocycles. The number of aryl methyl sites for hydroxylation is 1. The Labute approximate surface area is 128 Å². The van der Waals surface area contributed by atoms with E-state index in [-0.39, 0.29) is 0 Å². The van der Waals surface area contributed by atoms with Gasteiger partial charge in [-0.2, -0.15) is 0 Å². The van der Waals surface area contributed by atoms with E-state index >= 15 is 0 Å². The molecular weight excluding hydrogens is 280 g/mol. The first-order chi connectivity index (χ1) is 10.1. The van der Waals surface area contributed by atoms with E-state index in [1.807, 2.05) is 55.5 Å². The summed E-state index contributed by atoms with van der Waals surface area (Å²) in [6, 6.07) is 15.5. The molecule has 1 aromatic heterocycles. The zero-order valence-electron chi connectivity index (χ0n) is 11.5. The first kappa shape index (κ1) is 13.5. The van der Waals surface area contributed by atoms with E-state index in [9.17, 15) is 0 Å². The van der Waals surface area contributed by atoms with Crippen LogP contribution >= 0.6 is 12.2 Å². The Balaban J connectivity index is 2.04. The predicted octanol–water partition coefficient (Wildman–Crippen LogP) is 3.97. The average molecular weight is 294 g/mol. The minimum Gasteiger partial charge on any atom is -0.456 e. The topological polar surface area (TPSA) is 48.1 Å². The van der Waals surface area contributed by atoms with Gasteiger partial charge in [-0.05, 0) is 36.8 Å². The van der Waals surface area contributed by atoms with Crippen molar-refractivity contribution >= 4 is 28.1 Å². The van der Waals surface area contributed by atoms with Gasteiger partial charge in [0.15, 0.2) is 0 Å². The van der Waals surface area contributed by atoms with E-state index in [1.165, 1.54) is 0 Å². The van der Waals surface area contributed by atoms with E-state index in [0.29, 0.717) is 16.5 Å². The molecule has 4 heteroatoms. The summed E-state index contributed by atoms with van der Waals surface area (Å²) in [5, 5.41) is 1.07.